The topological polar surface area (TPSA) is 122 Å². The van der Waals surface area contributed by atoms with Gasteiger partial charge in [0.05, 0.1) is 53.7 Å². The molecule has 0 aliphatic carbocycles. The summed E-state index contributed by atoms with van der Waals surface area (Å²) in [5.74, 6) is -0.261. The largest absolute Gasteiger partial charge is 0.449 e. The summed E-state index contributed by atoms with van der Waals surface area (Å²) in [4.78, 5) is 25.1. The molecule has 3 heterocycles. The Balaban J connectivity index is 1.70. The van der Waals surface area contributed by atoms with E-state index in [9.17, 15) is 44.3 Å². The smallest absolute Gasteiger partial charge is 0.416 e. The average Bonchev–Trinajstić information content (AvgIpc) is 3.54. The lowest BCUT2D eigenvalue weighted by molar-refractivity contribution is -0.143. The van der Waals surface area contributed by atoms with Crippen molar-refractivity contribution in [3.05, 3.63) is 76.6 Å². The molecule has 4 aromatic rings. The predicted octanol–water partition coefficient (Wildman–Crippen LogP) is 7.07. The van der Waals surface area contributed by atoms with E-state index in [1.165, 1.54) is 29.1 Å². The average molecular weight is 733 g/mol. The van der Waals surface area contributed by atoms with Crippen LogP contribution in [0, 0.1) is 0 Å². The molecule has 0 radical (unpaired) electrons. The standard InChI is InChI=1S/C31H29F9N8O3/c1-3-22-13-25(23-12-19(29(32,33)34)5-6-24(23)48(22)28(50)51-4-2)46(16-17-9-20(30(35,36)37)11-21(10-17)31(38,39)40)27-41-14-18(15-42-27)26-43-45-47(44-26)7-8-49/h5-6,9-12,14-15,22,25,49H,3-4,7-8,13,16H2,1-2H3/t22-,25+/m1/s1. The Labute approximate surface area is 283 Å². The van der Waals surface area contributed by atoms with Crippen LogP contribution in [0.4, 0.5) is 55.9 Å². The number of fused-ring (bicyclic) bond motifs is 1. The van der Waals surface area contributed by atoms with Crippen LogP contribution in [0.3, 0.4) is 0 Å². The maximum atomic E-state index is 14.1. The number of rotatable bonds is 9. The molecule has 1 amide bonds. The van der Waals surface area contributed by atoms with Crippen molar-refractivity contribution in [3.63, 3.8) is 0 Å². The lowest BCUT2D eigenvalue weighted by Crippen LogP contribution is -2.48. The molecule has 1 aliphatic heterocycles. The predicted molar refractivity (Wildman–Crippen MR) is 161 cm³/mol. The van der Waals surface area contributed by atoms with E-state index in [0.29, 0.717) is 12.1 Å². The molecule has 2 atom stereocenters. The number of hydrogen-bond donors (Lipinski definition) is 1. The number of aliphatic hydroxyl groups excluding tert-OH is 1. The number of benzene rings is 2. The van der Waals surface area contributed by atoms with Crippen molar-refractivity contribution in [1.82, 2.24) is 30.2 Å². The van der Waals surface area contributed by atoms with Crippen molar-refractivity contribution in [3.8, 4) is 11.4 Å². The summed E-state index contributed by atoms with van der Waals surface area (Å²) in [7, 11) is 0. The minimum atomic E-state index is -5.17. The number of carbonyl (C=O) groups excluding carboxylic acids is 1. The van der Waals surface area contributed by atoms with Gasteiger partial charge in [-0.2, -0.15) is 44.3 Å². The quantitative estimate of drug-likeness (QED) is 0.180. The zero-order valence-corrected chi connectivity index (χ0v) is 26.8. The molecule has 5 rings (SSSR count). The van der Waals surface area contributed by atoms with Gasteiger partial charge in [-0.3, -0.25) is 4.90 Å². The SMILES string of the molecule is CCOC(=O)N1c2ccc(C(F)(F)F)cc2[C@@H](N(Cc2cc(C(F)(F)F)cc(C(F)(F)F)c2)c2ncc(-c3nnn(CCO)n3)cn2)C[C@H]1CC. The van der Waals surface area contributed by atoms with Crippen LogP contribution in [-0.4, -0.2) is 60.6 Å². The van der Waals surface area contributed by atoms with E-state index in [1.54, 1.807) is 6.92 Å². The number of aromatic nitrogens is 6. The monoisotopic (exact) mass is 732 g/mol. The number of hydrogen-bond acceptors (Lipinski definition) is 9. The van der Waals surface area contributed by atoms with Gasteiger partial charge in [-0.25, -0.2) is 14.8 Å². The fourth-order valence-corrected chi connectivity index (χ4v) is 5.74. The Bertz CT molecular complexity index is 1810. The maximum Gasteiger partial charge on any atom is 0.416 e. The highest BCUT2D eigenvalue weighted by Crippen LogP contribution is 2.46. The fraction of sp³-hybridized carbons (Fsp3) is 0.419. The summed E-state index contributed by atoms with van der Waals surface area (Å²) >= 11 is 0. The molecule has 1 N–H and O–H groups in total. The summed E-state index contributed by atoms with van der Waals surface area (Å²) in [6.45, 7) is 2.16. The van der Waals surface area contributed by atoms with E-state index in [1.807, 2.05) is 0 Å². The summed E-state index contributed by atoms with van der Waals surface area (Å²) < 4.78 is 130. The molecular weight excluding hydrogens is 703 g/mol. The van der Waals surface area contributed by atoms with Crippen LogP contribution in [0.2, 0.25) is 0 Å². The summed E-state index contributed by atoms with van der Waals surface area (Å²) in [5.41, 5.74) is -4.73. The molecule has 0 saturated heterocycles. The first-order valence-corrected chi connectivity index (χ1v) is 15.4. The molecule has 1 aliphatic rings. The molecule has 2 aromatic heterocycles. The summed E-state index contributed by atoms with van der Waals surface area (Å²) in [6.07, 6.45) is -13.6. The van der Waals surface area contributed by atoms with E-state index in [2.05, 4.69) is 25.4 Å². The first kappa shape index (κ1) is 37.3. The molecule has 0 saturated carbocycles. The number of nitrogens with zero attached hydrogens (tertiary/aromatic N) is 8. The van der Waals surface area contributed by atoms with Crippen molar-refractivity contribution in [1.29, 1.82) is 0 Å². The highest BCUT2D eigenvalue weighted by Gasteiger charge is 2.42. The number of anilines is 2. The van der Waals surface area contributed by atoms with E-state index in [-0.39, 0.29) is 67.3 Å². The number of alkyl halides is 9. The Morgan fingerprint density at radius 1 is 0.922 bits per heavy atom. The van der Waals surface area contributed by atoms with Crippen LogP contribution >= 0.6 is 0 Å². The van der Waals surface area contributed by atoms with Gasteiger partial charge < -0.3 is 14.7 Å². The third-order valence-electron chi connectivity index (χ3n) is 8.05. The van der Waals surface area contributed by atoms with E-state index in [4.69, 9.17) is 9.84 Å². The van der Waals surface area contributed by atoms with Crippen LogP contribution in [0.15, 0.2) is 48.8 Å². The van der Waals surface area contributed by atoms with Gasteiger partial charge in [0.2, 0.25) is 11.8 Å². The van der Waals surface area contributed by atoms with Crippen molar-refractivity contribution in [2.24, 2.45) is 0 Å². The van der Waals surface area contributed by atoms with Gasteiger partial charge in [-0.05, 0) is 72.5 Å². The third kappa shape index (κ3) is 8.15. The van der Waals surface area contributed by atoms with Gasteiger partial charge in [0.25, 0.3) is 0 Å². The minimum absolute atomic E-state index is 0.00381. The summed E-state index contributed by atoms with van der Waals surface area (Å²) in [6, 6.07) is 1.64. The number of amides is 1. The molecule has 0 bridgehead atoms. The maximum absolute atomic E-state index is 14.1. The second-order valence-corrected chi connectivity index (χ2v) is 11.4. The fourth-order valence-electron chi connectivity index (χ4n) is 5.74. The van der Waals surface area contributed by atoms with Gasteiger partial charge >= 0.3 is 24.6 Å². The number of halogens is 9. The highest BCUT2D eigenvalue weighted by atomic mass is 19.4. The van der Waals surface area contributed by atoms with Crippen LogP contribution in [0.1, 0.15) is 60.5 Å². The van der Waals surface area contributed by atoms with E-state index in [0.717, 1.165) is 23.0 Å². The molecule has 20 heteroatoms. The molecule has 0 unspecified atom stereocenters. The normalized spacial score (nSPS) is 16.6. The second-order valence-electron chi connectivity index (χ2n) is 11.4. The third-order valence-corrected chi connectivity index (χ3v) is 8.05. The Hall–Kier alpha value is -5.01. The van der Waals surface area contributed by atoms with Gasteiger partial charge in [0.1, 0.15) is 0 Å². The minimum Gasteiger partial charge on any atom is -0.449 e. The number of tetrazole rings is 1. The highest BCUT2D eigenvalue weighted by molar-refractivity contribution is 5.90. The zero-order chi connectivity index (χ0) is 37.3. The Morgan fingerprint density at radius 2 is 1.55 bits per heavy atom. The van der Waals surface area contributed by atoms with Gasteiger partial charge in [0.15, 0.2) is 0 Å². The zero-order valence-electron chi connectivity index (χ0n) is 26.8. The molecule has 11 nitrogen and oxygen atoms in total. The number of aliphatic hydroxyl groups is 1. The molecular formula is C31H29F9N8O3. The lowest BCUT2D eigenvalue weighted by Gasteiger charge is -2.44. The van der Waals surface area contributed by atoms with E-state index >= 15 is 0 Å². The first-order valence-electron chi connectivity index (χ1n) is 15.4. The van der Waals surface area contributed by atoms with Crippen molar-refractivity contribution in [2.75, 3.05) is 23.0 Å². The molecule has 0 fully saturated rings. The number of ether oxygens (including phenoxy) is 1. The molecule has 274 valence electrons. The van der Waals surface area contributed by atoms with Crippen LogP contribution < -0.4 is 9.80 Å². The van der Waals surface area contributed by atoms with Crippen molar-refractivity contribution >= 4 is 17.7 Å². The van der Waals surface area contributed by atoms with E-state index < -0.39 is 65.5 Å². The van der Waals surface area contributed by atoms with Gasteiger partial charge in [-0.15, -0.1) is 10.2 Å². The lowest BCUT2D eigenvalue weighted by atomic mass is 9.87. The van der Waals surface area contributed by atoms with Crippen molar-refractivity contribution in [2.45, 2.75) is 70.4 Å². The second kappa shape index (κ2) is 14.3. The Morgan fingerprint density at radius 3 is 2.10 bits per heavy atom. The van der Waals surface area contributed by atoms with Crippen molar-refractivity contribution < 1.29 is 54.2 Å². The summed E-state index contributed by atoms with van der Waals surface area (Å²) in [5, 5.41) is 20.8. The molecule has 51 heavy (non-hydrogen) atoms. The number of carbonyl (C=O) groups is 1. The molecule has 0 spiro atoms. The van der Waals surface area contributed by atoms with Gasteiger partial charge in [0, 0.05) is 25.0 Å². The van der Waals surface area contributed by atoms with Gasteiger partial charge in [-0.1, -0.05) is 6.92 Å². The molecule has 2 aromatic carbocycles. The van der Waals surface area contributed by atoms with Crippen LogP contribution in [-0.2, 0) is 36.4 Å². The van der Waals surface area contributed by atoms with Crippen LogP contribution in [0.25, 0.3) is 11.4 Å². The Kier molecular flexibility index (Phi) is 10.5. The first-order chi connectivity index (χ1) is 23.9. The van der Waals surface area contributed by atoms with Crippen LogP contribution in [0.5, 0.6) is 0 Å².